The molecule has 0 bridgehead atoms. The van der Waals surface area contributed by atoms with E-state index in [4.69, 9.17) is 5.73 Å². The molecule has 96 valence electrons. The highest BCUT2D eigenvalue weighted by atomic mass is 19.1. The van der Waals surface area contributed by atoms with Crippen molar-refractivity contribution in [2.24, 2.45) is 16.6 Å². The first kappa shape index (κ1) is 11.5. The summed E-state index contributed by atoms with van der Waals surface area (Å²) in [7, 11) is 0. The molecule has 0 aromatic heterocycles. The number of anilines is 1. The summed E-state index contributed by atoms with van der Waals surface area (Å²) in [4.78, 5) is 6.54. The molecular formula is C14H18FN3. The molecule has 0 amide bonds. The molecule has 1 aromatic carbocycles. The van der Waals surface area contributed by atoms with Crippen molar-refractivity contribution in [1.82, 2.24) is 0 Å². The number of rotatable bonds is 1. The van der Waals surface area contributed by atoms with Gasteiger partial charge in [0.25, 0.3) is 0 Å². The Labute approximate surface area is 106 Å². The van der Waals surface area contributed by atoms with E-state index in [-0.39, 0.29) is 11.4 Å². The van der Waals surface area contributed by atoms with E-state index >= 15 is 0 Å². The van der Waals surface area contributed by atoms with Gasteiger partial charge in [0.05, 0.1) is 12.1 Å². The summed E-state index contributed by atoms with van der Waals surface area (Å²) in [6, 6.07) is 6.54. The molecule has 0 saturated heterocycles. The minimum atomic E-state index is -0.220. The van der Waals surface area contributed by atoms with Crippen molar-refractivity contribution in [2.75, 3.05) is 11.4 Å². The number of hydrogen-bond donors (Lipinski definition) is 1. The maximum absolute atomic E-state index is 13.0. The van der Waals surface area contributed by atoms with Crippen molar-refractivity contribution in [2.45, 2.75) is 31.7 Å². The van der Waals surface area contributed by atoms with Crippen LogP contribution in [0.2, 0.25) is 0 Å². The summed E-state index contributed by atoms with van der Waals surface area (Å²) >= 11 is 0. The second-order valence-corrected chi connectivity index (χ2v) is 5.38. The maximum atomic E-state index is 13.0. The Hall–Kier alpha value is -1.58. The molecular weight excluding hydrogens is 229 g/mol. The first-order chi connectivity index (χ1) is 8.63. The average Bonchev–Trinajstić information content (AvgIpc) is 2.88. The Morgan fingerprint density at radius 3 is 2.72 bits per heavy atom. The van der Waals surface area contributed by atoms with Crippen LogP contribution in [-0.2, 0) is 0 Å². The zero-order valence-electron chi connectivity index (χ0n) is 10.6. The Balaban J connectivity index is 2.02. The number of nitrogens with two attached hydrogens (primary N) is 1. The first-order valence-electron chi connectivity index (χ1n) is 6.49. The van der Waals surface area contributed by atoms with Crippen LogP contribution in [0.25, 0.3) is 0 Å². The second-order valence-electron chi connectivity index (χ2n) is 5.38. The molecule has 2 N–H and O–H groups in total. The van der Waals surface area contributed by atoms with Gasteiger partial charge in [0.2, 0.25) is 0 Å². The van der Waals surface area contributed by atoms with Gasteiger partial charge in [-0.05, 0) is 43.0 Å². The highest BCUT2D eigenvalue weighted by Gasteiger charge is 2.49. The van der Waals surface area contributed by atoms with Gasteiger partial charge in [-0.1, -0.05) is 13.3 Å². The zero-order chi connectivity index (χ0) is 12.8. The van der Waals surface area contributed by atoms with Gasteiger partial charge in [-0.3, -0.25) is 4.99 Å². The summed E-state index contributed by atoms with van der Waals surface area (Å²) in [6.45, 7) is 3.02. The second kappa shape index (κ2) is 3.97. The maximum Gasteiger partial charge on any atom is 0.196 e. The lowest BCUT2D eigenvalue weighted by molar-refractivity contribution is 0.365. The summed E-state index contributed by atoms with van der Waals surface area (Å²) in [5.74, 6) is 0.907. The summed E-state index contributed by atoms with van der Waals surface area (Å²) < 4.78 is 13.0. The molecule has 1 heterocycles. The monoisotopic (exact) mass is 247 g/mol. The normalized spacial score (nSPS) is 31.1. The van der Waals surface area contributed by atoms with Gasteiger partial charge >= 0.3 is 0 Å². The Morgan fingerprint density at radius 1 is 1.39 bits per heavy atom. The highest BCUT2D eigenvalue weighted by molar-refractivity contribution is 5.98. The van der Waals surface area contributed by atoms with Crippen LogP contribution in [0.15, 0.2) is 29.3 Å². The minimum Gasteiger partial charge on any atom is -0.369 e. The number of aliphatic imine (C=N–C) groups is 1. The fourth-order valence-electron chi connectivity index (χ4n) is 3.36. The van der Waals surface area contributed by atoms with Crippen LogP contribution in [0.4, 0.5) is 10.1 Å². The predicted molar refractivity (Wildman–Crippen MR) is 71.1 cm³/mol. The lowest BCUT2D eigenvalue weighted by atomic mass is 9.87. The molecule has 3 rings (SSSR count). The van der Waals surface area contributed by atoms with Crippen LogP contribution in [0, 0.1) is 11.7 Å². The van der Waals surface area contributed by atoms with Gasteiger partial charge in [-0.15, -0.1) is 0 Å². The van der Waals surface area contributed by atoms with Crippen LogP contribution >= 0.6 is 0 Å². The van der Waals surface area contributed by atoms with Gasteiger partial charge in [0.1, 0.15) is 5.82 Å². The van der Waals surface area contributed by atoms with E-state index in [9.17, 15) is 4.39 Å². The van der Waals surface area contributed by atoms with Crippen LogP contribution < -0.4 is 10.6 Å². The molecule has 0 radical (unpaired) electrons. The van der Waals surface area contributed by atoms with Crippen molar-refractivity contribution in [3.63, 3.8) is 0 Å². The van der Waals surface area contributed by atoms with E-state index < -0.39 is 0 Å². The molecule has 1 aliphatic carbocycles. The van der Waals surface area contributed by atoms with Crippen LogP contribution in [0.5, 0.6) is 0 Å². The fourth-order valence-corrected chi connectivity index (χ4v) is 3.36. The summed E-state index contributed by atoms with van der Waals surface area (Å²) in [5.41, 5.74) is 7.01. The third-order valence-electron chi connectivity index (χ3n) is 4.44. The van der Waals surface area contributed by atoms with Gasteiger partial charge in [-0.25, -0.2) is 4.39 Å². The van der Waals surface area contributed by atoms with Gasteiger partial charge in [0.15, 0.2) is 5.96 Å². The third-order valence-corrected chi connectivity index (χ3v) is 4.44. The summed E-state index contributed by atoms with van der Waals surface area (Å²) in [5, 5.41) is 0. The van der Waals surface area contributed by atoms with Gasteiger partial charge in [-0.2, -0.15) is 0 Å². The molecule has 2 aliphatic rings. The molecule has 1 fully saturated rings. The van der Waals surface area contributed by atoms with E-state index in [1.54, 1.807) is 12.1 Å². The Kier molecular flexibility index (Phi) is 2.54. The van der Waals surface area contributed by atoms with Crippen molar-refractivity contribution in [3.8, 4) is 0 Å². The van der Waals surface area contributed by atoms with Crippen LogP contribution in [0.1, 0.15) is 26.2 Å². The largest absolute Gasteiger partial charge is 0.369 e. The lowest BCUT2D eigenvalue weighted by Crippen LogP contribution is -2.53. The van der Waals surface area contributed by atoms with E-state index in [0.29, 0.717) is 11.9 Å². The van der Waals surface area contributed by atoms with Crippen molar-refractivity contribution < 1.29 is 4.39 Å². The first-order valence-corrected chi connectivity index (χ1v) is 6.49. The Bertz CT molecular complexity index is 482. The van der Waals surface area contributed by atoms with Gasteiger partial charge < -0.3 is 10.6 Å². The molecule has 1 saturated carbocycles. The summed E-state index contributed by atoms with van der Waals surface area (Å²) in [6.07, 6.45) is 3.53. The molecule has 1 aromatic rings. The van der Waals surface area contributed by atoms with Crippen LogP contribution in [-0.4, -0.2) is 18.0 Å². The average molecular weight is 247 g/mol. The third kappa shape index (κ3) is 1.51. The van der Waals surface area contributed by atoms with E-state index in [2.05, 4.69) is 16.8 Å². The molecule has 2 unspecified atom stereocenters. The van der Waals surface area contributed by atoms with Crippen molar-refractivity contribution in [1.29, 1.82) is 0 Å². The predicted octanol–water partition coefficient (Wildman–Crippen LogP) is 2.52. The molecule has 4 heteroatoms. The number of benzene rings is 1. The molecule has 3 nitrogen and oxygen atoms in total. The number of hydrogen-bond acceptors (Lipinski definition) is 3. The molecule has 18 heavy (non-hydrogen) atoms. The van der Waals surface area contributed by atoms with Crippen LogP contribution in [0.3, 0.4) is 0 Å². The van der Waals surface area contributed by atoms with Gasteiger partial charge in [0, 0.05) is 5.69 Å². The topological polar surface area (TPSA) is 41.6 Å². The van der Waals surface area contributed by atoms with E-state index in [1.165, 1.54) is 25.0 Å². The highest BCUT2D eigenvalue weighted by Crippen LogP contribution is 2.44. The molecule has 1 spiro atoms. The zero-order valence-corrected chi connectivity index (χ0v) is 10.6. The molecule has 2 atom stereocenters. The van der Waals surface area contributed by atoms with E-state index in [0.717, 1.165) is 18.7 Å². The number of guanidine groups is 1. The van der Waals surface area contributed by atoms with Crippen molar-refractivity contribution in [3.05, 3.63) is 30.1 Å². The number of halogens is 1. The quantitative estimate of drug-likeness (QED) is 0.828. The standard InChI is InChI=1S/C14H18FN3/c1-10-3-2-8-14(10)9-17-13(16)18(14)12-6-4-11(15)5-7-12/h4-7,10H,2-3,8-9H2,1H3,(H2,16,17). The lowest BCUT2D eigenvalue weighted by Gasteiger charge is -2.39. The molecule has 1 aliphatic heterocycles. The van der Waals surface area contributed by atoms with E-state index in [1.807, 2.05) is 0 Å². The fraction of sp³-hybridized carbons (Fsp3) is 0.500. The Morgan fingerprint density at radius 2 is 2.11 bits per heavy atom. The minimum absolute atomic E-state index is 0.0158. The van der Waals surface area contributed by atoms with Crippen molar-refractivity contribution >= 4 is 11.6 Å². The smallest absolute Gasteiger partial charge is 0.196 e. The number of nitrogens with zero attached hydrogens (tertiary/aromatic N) is 2. The SMILES string of the molecule is CC1CCCC12CN=C(N)N2c1ccc(F)cc1.